The number of fused-ring (bicyclic) bond motifs is 1. The fourth-order valence-corrected chi connectivity index (χ4v) is 4.40. The van der Waals surface area contributed by atoms with Gasteiger partial charge in [0.15, 0.2) is 0 Å². The van der Waals surface area contributed by atoms with E-state index in [0.717, 1.165) is 42.5 Å². The smallest absolute Gasteiger partial charge is 0.119 e. The van der Waals surface area contributed by atoms with Crippen LogP contribution in [-0.2, 0) is 0 Å². The minimum atomic E-state index is 0.180. The molecule has 0 bridgehead atoms. The summed E-state index contributed by atoms with van der Waals surface area (Å²) < 4.78 is 6.69. The Morgan fingerprint density at radius 1 is 1.12 bits per heavy atom. The van der Waals surface area contributed by atoms with Gasteiger partial charge in [-0.05, 0) is 29.8 Å². The first kappa shape index (κ1) is 15.6. The normalized spacial score (nSPS) is 17.0. The topological polar surface area (TPSA) is 37.4 Å². The second-order valence-corrected chi connectivity index (χ2v) is 7.05. The molecule has 0 saturated carbocycles. The van der Waals surface area contributed by atoms with E-state index in [-0.39, 0.29) is 6.04 Å². The Balaban J connectivity index is 1.79. The maximum Gasteiger partial charge on any atom is 0.119 e. The van der Waals surface area contributed by atoms with Crippen LogP contribution in [0.4, 0.5) is 0 Å². The Labute approximate surface area is 146 Å². The number of aromatic nitrogens is 1. The Morgan fingerprint density at radius 2 is 1.96 bits per heavy atom. The van der Waals surface area contributed by atoms with Crippen LogP contribution in [0.3, 0.4) is 0 Å². The molecular weight excluding hydrogens is 318 g/mol. The largest absolute Gasteiger partial charge is 0.497 e. The maximum absolute atomic E-state index is 5.44. The van der Waals surface area contributed by atoms with Gasteiger partial charge in [0.1, 0.15) is 10.8 Å². The summed E-state index contributed by atoms with van der Waals surface area (Å²) in [5.74, 6) is 0.897. The van der Waals surface area contributed by atoms with E-state index in [9.17, 15) is 0 Å². The summed E-state index contributed by atoms with van der Waals surface area (Å²) in [4.78, 5) is 7.45. The average molecular weight is 339 g/mol. The summed E-state index contributed by atoms with van der Waals surface area (Å²) in [6, 6.07) is 16.9. The number of rotatable bonds is 4. The predicted octanol–water partition coefficient (Wildman–Crippen LogP) is 3.30. The van der Waals surface area contributed by atoms with Crippen LogP contribution in [0, 0.1) is 0 Å². The number of hydrogen-bond acceptors (Lipinski definition) is 5. The lowest BCUT2D eigenvalue weighted by Crippen LogP contribution is -2.45. The van der Waals surface area contributed by atoms with Crippen LogP contribution >= 0.6 is 11.3 Å². The molecule has 0 radical (unpaired) electrons. The number of nitrogens with one attached hydrogen (secondary N) is 1. The van der Waals surface area contributed by atoms with Gasteiger partial charge in [-0.25, -0.2) is 4.98 Å². The molecule has 1 unspecified atom stereocenters. The zero-order chi connectivity index (χ0) is 16.4. The number of ether oxygens (including phenoxy) is 1. The minimum absolute atomic E-state index is 0.180. The minimum Gasteiger partial charge on any atom is -0.497 e. The fraction of sp³-hybridized carbons (Fsp3) is 0.316. The van der Waals surface area contributed by atoms with E-state index in [0.29, 0.717) is 0 Å². The summed E-state index contributed by atoms with van der Waals surface area (Å²) in [5, 5.41) is 4.60. The van der Waals surface area contributed by atoms with Crippen LogP contribution in [0.25, 0.3) is 10.2 Å². The molecule has 1 aliphatic heterocycles. The number of thiazole rings is 1. The number of piperazine rings is 1. The summed E-state index contributed by atoms with van der Waals surface area (Å²) in [6.45, 7) is 4.09. The van der Waals surface area contributed by atoms with Crippen molar-refractivity contribution in [1.82, 2.24) is 15.2 Å². The molecular formula is C19H21N3OS. The molecule has 0 aliphatic carbocycles. The first-order valence-corrected chi connectivity index (χ1v) is 9.11. The van der Waals surface area contributed by atoms with Crippen LogP contribution < -0.4 is 10.1 Å². The third kappa shape index (κ3) is 3.02. The molecule has 124 valence electrons. The van der Waals surface area contributed by atoms with Gasteiger partial charge in [-0.3, -0.25) is 4.90 Å². The van der Waals surface area contributed by atoms with Gasteiger partial charge in [0.05, 0.1) is 23.4 Å². The first-order valence-electron chi connectivity index (χ1n) is 8.29. The van der Waals surface area contributed by atoms with Crippen molar-refractivity contribution in [3.63, 3.8) is 0 Å². The molecule has 1 aromatic heterocycles. The number of methoxy groups -OCH3 is 1. The van der Waals surface area contributed by atoms with E-state index in [1.165, 1.54) is 10.3 Å². The third-order valence-corrected chi connectivity index (χ3v) is 5.56. The van der Waals surface area contributed by atoms with E-state index in [2.05, 4.69) is 52.7 Å². The van der Waals surface area contributed by atoms with E-state index in [1.54, 1.807) is 18.4 Å². The monoisotopic (exact) mass is 339 g/mol. The number of nitrogens with zero attached hydrogens (tertiary/aromatic N) is 2. The molecule has 2 aromatic carbocycles. The second-order valence-electron chi connectivity index (χ2n) is 5.98. The highest BCUT2D eigenvalue weighted by molar-refractivity contribution is 7.18. The lowest BCUT2D eigenvalue weighted by atomic mass is 10.0. The second kappa shape index (κ2) is 6.89. The summed E-state index contributed by atoms with van der Waals surface area (Å²) in [6.07, 6.45) is 0. The van der Waals surface area contributed by atoms with E-state index in [4.69, 9.17) is 9.72 Å². The van der Waals surface area contributed by atoms with Crippen molar-refractivity contribution < 1.29 is 4.74 Å². The summed E-state index contributed by atoms with van der Waals surface area (Å²) >= 11 is 1.79. The van der Waals surface area contributed by atoms with Crippen molar-refractivity contribution in [2.24, 2.45) is 0 Å². The number of para-hydroxylation sites is 1. The van der Waals surface area contributed by atoms with Crippen molar-refractivity contribution in [2.75, 3.05) is 33.3 Å². The van der Waals surface area contributed by atoms with Gasteiger partial charge in [0.2, 0.25) is 0 Å². The fourth-order valence-electron chi connectivity index (χ4n) is 3.27. The Morgan fingerprint density at radius 3 is 2.75 bits per heavy atom. The molecule has 4 nitrogen and oxygen atoms in total. The molecule has 4 rings (SSSR count). The van der Waals surface area contributed by atoms with Crippen LogP contribution in [0.2, 0.25) is 0 Å². The van der Waals surface area contributed by atoms with Crippen LogP contribution in [0.1, 0.15) is 16.6 Å². The van der Waals surface area contributed by atoms with Crippen molar-refractivity contribution in [3.05, 3.63) is 59.1 Å². The molecule has 0 amide bonds. The van der Waals surface area contributed by atoms with Crippen LogP contribution in [-0.4, -0.2) is 43.2 Å². The van der Waals surface area contributed by atoms with Gasteiger partial charge in [0.25, 0.3) is 0 Å². The highest BCUT2D eigenvalue weighted by Gasteiger charge is 2.27. The predicted molar refractivity (Wildman–Crippen MR) is 98.9 cm³/mol. The number of hydrogen-bond donors (Lipinski definition) is 1. The van der Waals surface area contributed by atoms with Crippen molar-refractivity contribution in [3.8, 4) is 5.75 Å². The molecule has 1 saturated heterocycles. The molecule has 0 spiro atoms. The maximum atomic E-state index is 5.44. The third-order valence-electron chi connectivity index (χ3n) is 4.47. The van der Waals surface area contributed by atoms with E-state index < -0.39 is 0 Å². The summed E-state index contributed by atoms with van der Waals surface area (Å²) in [5.41, 5.74) is 2.33. The molecule has 2 heterocycles. The van der Waals surface area contributed by atoms with Gasteiger partial charge in [-0.15, -0.1) is 11.3 Å². The highest BCUT2D eigenvalue weighted by Crippen LogP contribution is 2.35. The van der Waals surface area contributed by atoms with Gasteiger partial charge in [-0.2, -0.15) is 0 Å². The van der Waals surface area contributed by atoms with Crippen molar-refractivity contribution in [2.45, 2.75) is 6.04 Å². The molecule has 1 aliphatic rings. The zero-order valence-corrected chi connectivity index (χ0v) is 14.6. The van der Waals surface area contributed by atoms with E-state index >= 15 is 0 Å². The zero-order valence-electron chi connectivity index (χ0n) is 13.7. The van der Waals surface area contributed by atoms with Gasteiger partial charge >= 0.3 is 0 Å². The van der Waals surface area contributed by atoms with Gasteiger partial charge in [-0.1, -0.05) is 24.3 Å². The quantitative estimate of drug-likeness (QED) is 0.791. The standard InChI is InChI=1S/C19H21N3OS/c1-23-15-6-4-5-14(13-15)18(22-11-9-20-10-12-22)19-21-16-7-2-3-8-17(16)24-19/h2-8,13,18,20H,9-12H2,1H3. The lowest BCUT2D eigenvalue weighted by Gasteiger charge is -2.34. The molecule has 24 heavy (non-hydrogen) atoms. The van der Waals surface area contributed by atoms with E-state index in [1.807, 2.05) is 6.07 Å². The Kier molecular flexibility index (Phi) is 4.47. The highest BCUT2D eigenvalue weighted by atomic mass is 32.1. The molecule has 1 fully saturated rings. The molecule has 1 atom stereocenters. The first-order chi connectivity index (χ1) is 11.8. The van der Waals surface area contributed by atoms with Crippen molar-refractivity contribution >= 4 is 21.6 Å². The SMILES string of the molecule is COc1cccc(C(c2nc3ccccc3s2)N2CCNCC2)c1. The Hall–Kier alpha value is -1.95. The van der Waals surface area contributed by atoms with Crippen LogP contribution in [0.5, 0.6) is 5.75 Å². The Bertz CT molecular complexity index is 793. The lowest BCUT2D eigenvalue weighted by molar-refractivity contribution is 0.198. The van der Waals surface area contributed by atoms with Crippen LogP contribution in [0.15, 0.2) is 48.5 Å². The van der Waals surface area contributed by atoms with Gasteiger partial charge in [0, 0.05) is 26.2 Å². The van der Waals surface area contributed by atoms with Gasteiger partial charge < -0.3 is 10.1 Å². The number of benzene rings is 2. The van der Waals surface area contributed by atoms with Crippen molar-refractivity contribution in [1.29, 1.82) is 0 Å². The average Bonchev–Trinajstić information content (AvgIpc) is 3.06. The summed E-state index contributed by atoms with van der Waals surface area (Å²) in [7, 11) is 1.72. The molecule has 1 N–H and O–H groups in total. The molecule has 3 aromatic rings. The molecule has 5 heteroatoms.